The van der Waals surface area contributed by atoms with E-state index in [1.807, 2.05) is 38.1 Å². The highest BCUT2D eigenvalue weighted by atomic mass is 32.2. The number of hydrogen-bond donors (Lipinski definition) is 1. The molecular formula is C21H28N2O5S. The highest BCUT2D eigenvalue weighted by Gasteiger charge is 2.27. The van der Waals surface area contributed by atoms with Crippen LogP contribution in [0.3, 0.4) is 0 Å². The average Bonchev–Trinajstić information content (AvgIpc) is 2.71. The van der Waals surface area contributed by atoms with E-state index in [0.29, 0.717) is 5.75 Å². The highest BCUT2D eigenvalue weighted by molar-refractivity contribution is 7.89. The van der Waals surface area contributed by atoms with E-state index in [-0.39, 0.29) is 29.7 Å². The Labute approximate surface area is 172 Å². The van der Waals surface area contributed by atoms with E-state index in [4.69, 9.17) is 9.47 Å². The molecule has 1 amide bonds. The van der Waals surface area contributed by atoms with Gasteiger partial charge in [0.2, 0.25) is 15.9 Å². The number of para-hydroxylation sites is 1. The van der Waals surface area contributed by atoms with E-state index >= 15 is 0 Å². The summed E-state index contributed by atoms with van der Waals surface area (Å²) in [6, 6.07) is 12.4. The van der Waals surface area contributed by atoms with Crippen molar-refractivity contribution in [1.82, 2.24) is 9.62 Å². The fourth-order valence-electron chi connectivity index (χ4n) is 2.81. The van der Waals surface area contributed by atoms with E-state index in [1.54, 1.807) is 25.3 Å². The summed E-state index contributed by atoms with van der Waals surface area (Å²) in [5, 5.41) is 2.73. The number of nitrogens with one attached hydrogen (secondary N) is 1. The van der Waals surface area contributed by atoms with Crippen molar-refractivity contribution >= 4 is 15.9 Å². The molecule has 0 aromatic heterocycles. The summed E-state index contributed by atoms with van der Waals surface area (Å²) >= 11 is 0. The predicted octanol–water partition coefficient (Wildman–Crippen LogP) is 2.76. The van der Waals surface area contributed by atoms with E-state index in [2.05, 4.69) is 5.32 Å². The molecule has 2 rings (SSSR count). The van der Waals surface area contributed by atoms with E-state index in [1.165, 1.54) is 14.2 Å². The third-order valence-electron chi connectivity index (χ3n) is 4.58. The minimum absolute atomic E-state index is 0.0474. The largest absolute Gasteiger partial charge is 0.496 e. The van der Waals surface area contributed by atoms with Gasteiger partial charge in [0.1, 0.15) is 16.4 Å². The monoisotopic (exact) mass is 420 g/mol. The van der Waals surface area contributed by atoms with Crippen LogP contribution in [-0.4, -0.2) is 46.4 Å². The summed E-state index contributed by atoms with van der Waals surface area (Å²) in [5.41, 5.74) is 1.68. The molecule has 2 aromatic carbocycles. The molecule has 0 aliphatic carbocycles. The molecule has 0 unspecified atom stereocenters. The van der Waals surface area contributed by atoms with Crippen molar-refractivity contribution in [2.24, 2.45) is 0 Å². The number of carbonyl (C=O) groups is 1. The van der Waals surface area contributed by atoms with E-state index < -0.39 is 15.9 Å². The molecular weight excluding hydrogens is 392 g/mol. The maximum Gasteiger partial charge on any atom is 0.246 e. The van der Waals surface area contributed by atoms with Crippen LogP contribution < -0.4 is 14.8 Å². The number of methoxy groups -OCH3 is 2. The maximum atomic E-state index is 13.0. The normalized spacial score (nSPS) is 11.6. The van der Waals surface area contributed by atoms with Crippen molar-refractivity contribution in [3.63, 3.8) is 0 Å². The standard InChI is InChI=1S/C21H28N2O5S/c1-15(2)16-10-11-19(28-5)20(12-16)29(25,26)23(3)14-21(24)22-13-17-8-6-7-9-18(17)27-4/h6-12,15H,13-14H2,1-5H3,(H,22,24). The van der Waals surface area contributed by atoms with Gasteiger partial charge in [-0.2, -0.15) is 4.31 Å². The molecule has 0 atom stereocenters. The molecule has 2 aromatic rings. The molecule has 1 N–H and O–H groups in total. The van der Waals surface area contributed by atoms with Crippen molar-refractivity contribution in [3.8, 4) is 11.5 Å². The molecule has 0 aliphatic rings. The van der Waals surface area contributed by atoms with Crippen molar-refractivity contribution in [1.29, 1.82) is 0 Å². The summed E-state index contributed by atoms with van der Waals surface area (Å²) in [6.07, 6.45) is 0. The second-order valence-corrected chi connectivity index (χ2v) is 8.93. The fourth-order valence-corrected chi connectivity index (χ4v) is 4.12. The first-order valence-corrected chi connectivity index (χ1v) is 10.7. The Kier molecular flexibility index (Phi) is 7.64. The van der Waals surface area contributed by atoms with Crippen LogP contribution in [0.5, 0.6) is 11.5 Å². The molecule has 158 valence electrons. The van der Waals surface area contributed by atoms with E-state index in [0.717, 1.165) is 15.4 Å². The van der Waals surface area contributed by atoms with Crippen LogP contribution >= 0.6 is 0 Å². The zero-order valence-electron chi connectivity index (χ0n) is 17.4. The summed E-state index contributed by atoms with van der Waals surface area (Å²) in [6.45, 7) is 3.88. The van der Waals surface area contributed by atoms with Gasteiger partial charge in [-0.1, -0.05) is 38.1 Å². The number of carbonyl (C=O) groups excluding carboxylic acids is 1. The third kappa shape index (κ3) is 5.48. The number of rotatable bonds is 9. The van der Waals surface area contributed by atoms with Gasteiger partial charge in [0.25, 0.3) is 0 Å². The Hall–Kier alpha value is -2.58. The Balaban J connectivity index is 2.13. The molecule has 29 heavy (non-hydrogen) atoms. The molecule has 7 nitrogen and oxygen atoms in total. The van der Waals surface area contributed by atoms with Gasteiger partial charge in [0, 0.05) is 19.2 Å². The van der Waals surface area contributed by atoms with Gasteiger partial charge in [-0.05, 0) is 29.7 Å². The number of nitrogens with zero attached hydrogens (tertiary/aromatic N) is 1. The van der Waals surface area contributed by atoms with Crippen molar-refractivity contribution in [3.05, 3.63) is 53.6 Å². The SMILES string of the molecule is COc1ccccc1CNC(=O)CN(C)S(=O)(=O)c1cc(C(C)C)ccc1OC. The number of ether oxygens (including phenoxy) is 2. The number of benzene rings is 2. The maximum absolute atomic E-state index is 13.0. The quantitative estimate of drug-likeness (QED) is 0.674. The zero-order chi connectivity index (χ0) is 21.6. The smallest absolute Gasteiger partial charge is 0.246 e. The van der Waals surface area contributed by atoms with Crippen molar-refractivity contribution in [2.45, 2.75) is 31.2 Å². The first-order chi connectivity index (χ1) is 13.7. The lowest BCUT2D eigenvalue weighted by Gasteiger charge is -2.20. The third-order valence-corrected chi connectivity index (χ3v) is 6.40. The predicted molar refractivity (Wildman–Crippen MR) is 112 cm³/mol. The second-order valence-electron chi connectivity index (χ2n) is 6.91. The van der Waals surface area contributed by atoms with Crippen LogP contribution in [0.1, 0.15) is 30.9 Å². The minimum atomic E-state index is -3.91. The number of likely N-dealkylation sites (N-methyl/N-ethyl adjacent to an activating group) is 1. The van der Waals surface area contributed by atoms with Crippen molar-refractivity contribution < 1.29 is 22.7 Å². The lowest BCUT2D eigenvalue weighted by molar-refractivity contribution is -0.121. The van der Waals surface area contributed by atoms with Crippen LogP contribution in [-0.2, 0) is 21.4 Å². The minimum Gasteiger partial charge on any atom is -0.496 e. The van der Waals surface area contributed by atoms with Crippen LogP contribution in [0.2, 0.25) is 0 Å². The summed E-state index contributed by atoms with van der Waals surface area (Å²) in [7, 11) is 0.444. The molecule has 0 aliphatic heterocycles. The molecule has 0 radical (unpaired) electrons. The van der Waals surface area contributed by atoms with Crippen LogP contribution in [0, 0.1) is 0 Å². The van der Waals surface area contributed by atoms with Gasteiger partial charge < -0.3 is 14.8 Å². The average molecular weight is 421 g/mol. The molecule has 0 bridgehead atoms. The van der Waals surface area contributed by atoms with Gasteiger partial charge >= 0.3 is 0 Å². The van der Waals surface area contributed by atoms with Gasteiger partial charge in [0.15, 0.2) is 0 Å². The Morgan fingerprint density at radius 1 is 1.07 bits per heavy atom. The van der Waals surface area contributed by atoms with Gasteiger partial charge in [-0.15, -0.1) is 0 Å². The Bertz CT molecular complexity index is 957. The number of hydrogen-bond acceptors (Lipinski definition) is 5. The molecule has 0 spiro atoms. The summed E-state index contributed by atoms with van der Waals surface area (Å²) in [5.74, 6) is 0.643. The zero-order valence-corrected chi connectivity index (χ0v) is 18.2. The molecule has 0 saturated carbocycles. The summed E-state index contributed by atoms with van der Waals surface area (Å²) < 4.78 is 37.6. The Morgan fingerprint density at radius 2 is 1.72 bits per heavy atom. The molecule has 8 heteroatoms. The van der Waals surface area contributed by atoms with Crippen LogP contribution in [0.15, 0.2) is 47.4 Å². The molecule has 0 fully saturated rings. The van der Waals surface area contributed by atoms with Crippen molar-refractivity contribution in [2.75, 3.05) is 27.8 Å². The molecule has 0 heterocycles. The van der Waals surface area contributed by atoms with Gasteiger partial charge in [-0.25, -0.2) is 8.42 Å². The van der Waals surface area contributed by atoms with Gasteiger partial charge in [-0.3, -0.25) is 4.79 Å². The topological polar surface area (TPSA) is 84.9 Å². The molecule has 0 saturated heterocycles. The van der Waals surface area contributed by atoms with E-state index in [9.17, 15) is 13.2 Å². The Morgan fingerprint density at radius 3 is 2.34 bits per heavy atom. The lowest BCUT2D eigenvalue weighted by Crippen LogP contribution is -2.38. The van der Waals surface area contributed by atoms with Crippen LogP contribution in [0.25, 0.3) is 0 Å². The van der Waals surface area contributed by atoms with Gasteiger partial charge in [0.05, 0.1) is 20.8 Å². The highest BCUT2D eigenvalue weighted by Crippen LogP contribution is 2.29. The number of sulfonamides is 1. The lowest BCUT2D eigenvalue weighted by atomic mass is 10.0. The first-order valence-electron chi connectivity index (χ1n) is 9.23. The summed E-state index contributed by atoms with van der Waals surface area (Å²) in [4.78, 5) is 12.4. The first kappa shape index (κ1) is 22.7. The number of amides is 1. The fraction of sp³-hybridized carbons (Fsp3) is 0.381. The van der Waals surface area contributed by atoms with Crippen LogP contribution in [0.4, 0.5) is 0 Å². The second kappa shape index (κ2) is 9.76.